The second kappa shape index (κ2) is 9.74. The van der Waals surface area contributed by atoms with E-state index in [9.17, 15) is 4.79 Å². The number of carbonyl (C=O) groups is 1. The van der Waals surface area contributed by atoms with Crippen molar-refractivity contribution in [1.29, 1.82) is 0 Å². The highest BCUT2D eigenvalue weighted by Crippen LogP contribution is 2.29. The van der Waals surface area contributed by atoms with Crippen molar-refractivity contribution < 1.29 is 23.7 Å². The van der Waals surface area contributed by atoms with Gasteiger partial charge in [-0.25, -0.2) is 0 Å². The summed E-state index contributed by atoms with van der Waals surface area (Å²) in [6.07, 6.45) is 0.566. The Hall–Kier alpha value is -3.33. The largest absolute Gasteiger partial charge is 0.497 e. The molecule has 1 amide bonds. The SMILES string of the molecule is COc1ccc(OCC(=O)Nc2nnc(Cc3ccc(OC)c(OC)c3)s2)cc1. The first-order chi connectivity index (χ1) is 14.1. The molecular formula is C20H21N3O5S. The summed E-state index contributed by atoms with van der Waals surface area (Å²) in [5.74, 6) is 2.30. The van der Waals surface area contributed by atoms with Crippen molar-refractivity contribution in [3.63, 3.8) is 0 Å². The van der Waals surface area contributed by atoms with Crippen LogP contribution in [0.15, 0.2) is 42.5 Å². The van der Waals surface area contributed by atoms with Crippen LogP contribution in [0.4, 0.5) is 5.13 Å². The van der Waals surface area contributed by atoms with Gasteiger partial charge in [-0.05, 0) is 42.0 Å². The summed E-state index contributed by atoms with van der Waals surface area (Å²) < 4.78 is 21.1. The molecule has 9 heteroatoms. The highest BCUT2D eigenvalue weighted by atomic mass is 32.1. The predicted molar refractivity (Wildman–Crippen MR) is 109 cm³/mol. The molecule has 8 nitrogen and oxygen atoms in total. The van der Waals surface area contributed by atoms with Crippen molar-refractivity contribution >= 4 is 22.4 Å². The summed E-state index contributed by atoms with van der Waals surface area (Å²) in [7, 11) is 4.77. The number of nitrogens with one attached hydrogen (secondary N) is 1. The Balaban J connectivity index is 1.53. The van der Waals surface area contributed by atoms with Crippen LogP contribution < -0.4 is 24.3 Å². The van der Waals surface area contributed by atoms with E-state index in [2.05, 4.69) is 15.5 Å². The van der Waals surface area contributed by atoms with Crippen LogP contribution in [0.25, 0.3) is 0 Å². The van der Waals surface area contributed by atoms with Gasteiger partial charge in [-0.1, -0.05) is 17.4 Å². The molecule has 2 aromatic carbocycles. The molecular weight excluding hydrogens is 394 g/mol. The van der Waals surface area contributed by atoms with E-state index >= 15 is 0 Å². The lowest BCUT2D eigenvalue weighted by molar-refractivity contribution is -0.118. The monoisotopic (exact) mass is 415 g/mol. The number of carbonyl (C=O) groups excluding carboxylic acids is 1. The van der Waals surface area contributed by atoms with Gasteiger partial charge in [0.05, 0.1) is 21.3 Å². The van der Waals surface area contributed by atoms with E-state index in [1.807, 2.05) is 18.2 Å². The van der Waals surface area contributed by atoms with E-state index < -0.39 is 0 Å². The molecule has 0 aliphatic heterocycles. The fourth-order valence-electron chi connectivity index (χ4n) is 2.52. The first-order valence-corrected chi connectivity index (χ1v) is 9.53. The van der Waals surface area contributed by atoms with Crippen LogP contribution in [0.3, 0.4) is 0 Å². The maximum absolute atomic E-state index is 12.1. The number of rotatable bonds is 9. The lowest BCUT2D eigenvalue weighted by Crippen LogP contribution is -2.20. The Labute approximate surface area is 172 Å². The van der Waals surface area contributed by atoms with Crippen molar-refractivity contribution in [3.05, 3.63) is 53.0 Å². The van der Waals surface area contributed by atoms with Crippen molar-refractivity contribution in [2.75, 3.05) is 33.3 Å². The average molecular weight is 415 g/mol. The van der Waals surface area contributed by atoms with Gasteiger partial charge in [0.2, 0.25) is 5.13 Å². The first kappa shape index (κ1) is 20.4. The summed E-state index contributed by atoms with van der Waals surface area (Å²) in [6, 6.07) is 12.7. The van der Waals surface area contributed by atoms with E-state index in [1.54, 1.807) is 45.6 Å². The van der Waals surface area contributed by atoms with Gasteiger partial charge in [0.1, 0.15) is 16.5 Å². The summed E-state index contributed by atoms with van der Waals surface area (Å²) in [4.78, 5) is 12.1. The maximum Gasteiger partial charge on any atom is 0.264 e. The van der Waals surface area contributed by atoms with Crippen LogP contribution in [0.1, 0.15) is 10.6 Å². The third kappa shape index (κ3) is 5.58. The standard InChI is InChI=1S/C20H21N3O5S/c1-25-14-5-7-15(8-6-14)28-12-18(24)21-20-23-22-19(29-20)11-13-4-9-16(26-2)17(10-13)27-3/h4-10H,11-12H2,1-3H3,(H,21,23,24). The molecule has 0 spiro atoms. The molecule has 0 unspecified atom stereocenters. The number of nitrogens with zero attached hydrogens (tertiary/aromatic N) is 2. The highest BCUT2D eigenvalue weighted by Gasteiger charge is 2.11. The van der Waals surface area contributed by atoms with Gasteiger partial charge < -0.3 is 18.9 Å². The van der Waals surface area contributed by atoms with Gasteiger partial charge in [0.25, 0.3) is 5.91 Å². The number of benzene rings is 2. The quantitative estimate of drug-likeness (QED) is 0.574. The molecule has 0 fully saturated rings. The Morgan fingerprint density at radius 3 is 2.34 bits per heavy atom. The maximum atomic E-state index is 12.1. The molecule has 1 heterocycles. The molecule has 1 N–H and O–H groups in total. The fraction of sp³-hybridized carbons (Fsp3) is 0.250. The molecule has 0 aliphatic carbocycles. The van der Waals surface area contributed by atoms with Crippen LogP contribution in [0, 0.1) is 0 Å². The summed E-state index contributed by atoms with van der Waals surface area (Å²) in [5, 5.41) is 12.0. The van der Waals surface area contributed by atoms with Gasteiger partial charge in [-0.2, -0.15) is 0 Å². The molecule has 0 bridgehead atoms. The van der Waals surface area contributed by atoms with Crippen molar-refractivity contribution in [2.45, 2.75) is 6.42 Å². The lowest BCUT2D eigenvalue weighted by atomic mass is 10.1. The zero-order valence-electron chi connectivity index (χ0n) is 16.3. The van der Waals surface area contributed by atoms with Crippen LogP contribution in [0.5, 0.6) is 23.0 Å². The van der Waals surface area contributed by atoms with E-state index in [0.717, 1.165) is 16.3 Å². The Bertz CT molecular complexity index is 959. The van der Waals surface area contributed by atoms with Gasteiger partial charge in [0.15, 0.2) is 18.1 Å². The van der Waals surface area contributed by atoms with Crippen LogP contribution in [0.2, 0.25) is 0 Å². The molecule has 0 aliphatic rings. The third-order valence-corrected chi connectivity index (χ3v) is 4.78. The molecule has 1 aromatic heterocycles. The second-order valence-corrected chi connectivity index (χ2v) is 6.94. The van der Waals surface area contributed by atoms with Crippen LogP contribution in [-0.2, 0) is 11.2 Å². The topological polar surface area (TPSA) is 91.8 Å². The van der Waals surface area contributed by atoms with E-state index in [0.29, 0.717) is 28.8 Å². The van der Waals surface area contributed by atoms with E-state index in [1.165, 1.54) is 11.3 Å². The average Bonchev–Trinajstić information content (AvgIpc) is 3.19. The Morgan fingerprint density at radius 1 is 0.931 bits per heavy atom. The zero-order valence-corrected chi connectivity index (χ0v) is 17.1. The first-order valence-electron chi connectivity index (χ1n) is 8.71. The Kier molecular flexibility index (Phi) is 6.85. The fourth-order valence-corrected chi connectivity index (χ4v) is 3.31. The van der Waals surface area contributed by atoms with Gasteiger partial charge >= 0.3 is 0 Å². The van der Waals surface area contributed by atoms with Crippen molar-refractivity contribution in [3.8, 4) is 23.0 Å². The van der Waals surface area contributed by atoms with Gasteiger partial charge in [-0.15, -0.1) is 10.2 Å². The number of hydrogen-bond donors (Lipinski definition) is 1. The molecule has 0 saturated carbocycles. The summed E-state index contributed by atoms with van der Waals surface area (Å²) >= 11 is 1.31. The Morgan fingerprint density at radius 2 is 1.66 bits per heavy atom. The van der Waals surface area contributed by atoms with Gasteiger partial charge in [0, 0.05) is 6.42 Å². The molecule has 3 rings (SSSR count). The van der Waals surface area contributed by atoms with E-state index in [4.69, 9.17) is 18.9 Å². The van der Waals surface area contributed by atoms with Gasteiger partial charge in [-0.3, -0.25) is 10.1 Å². The minimum Gasteiger partial charge on any atom is -0.497 e. The lowest BCUT2D eigenvalue weighted by Gasteiger charge is -2.08. The minimum atomic E-state index is -0.311. The van der Waals surface area contributed by atoms with Crippen LogP contribution in [-0.4, -0.2) is 44.0 Å². The molecule has 152 valence electrons. The second-order valence-electron chi connectivity index (χ2n) is 5.88. The summed E-state index contributed by atoms with van der Waals surface area (Å²) in [6.45, 7) is -0.128. The number of hydrogen-bond acceptors (Lipinski definition) is 8. The number of amides is 1. The van der Waals surface area contributed by atoms with Crippen molar-refractivity contribution in [2.24, 2.45) is 0 Å². The number of methoxy groups -OCH3 is 3. The molecule has 0 radical (unpaired) electrons. The number of ether oxygens (including phenoxy) is 4. The van der Waals surface area contributed by atoms with Crippen LogP contribution >= 0.6 is 11.3 Å². The molecule has 3 aromatic rings. The molecule has 0 saturated heterocycles. The zero-order chi connectivity index (χ0) is 20.6. The minimum absolute atomic E-state index is 0.128. The normalized spacial score (nSPS) is 10.3. The molecule has 29 heavy (non-hydrogen) atoms. The number of aromatic nitrogens is 2. The highest BCUT2D eigenvalue weighted by molar-refractivity contribution is 7.15. The number of anilines is 1. The van der Waals surface area contributed by atoms with E-state index in [-0.39, 0.29) is 12.5 Å². The smallest absolute Gasteiger partial charge is 0.264 e. The molecule has 0 atom stereocenters. The van der Waals surface area contributed by atoms with Crippen molar-refractivity contribution in [1.82, 2.24) is 10.2 Å². The third-order valence-electron chi connectivity index (χ3n) is 3.95. The summed E-state index contributed by atoms with van der Waals surface area (Å²) in [5.41, 5.74) is 1.000. The predicted octanol–water partition coefficient (Wildman–Crippen LogP) is 3.17.